The third-order valence-electron chi connectivity index (χ3n) is 3.38. The second-order valence-electron chi connectivity index (χ2n) is 4.83. The average Bonchev–Trinajstić information content (AvgIpc) is 2.98. The van der Waals surface area contributed by atoms with Crippen LogP contribution in [0.25, 0.3) is 0 Å². The maximum Gasteiger partial charge on any atom is 0.153 e. The van der Waals surface area contributed by atoms with Gasteiger partial charge < -0.3 is 0 Å². The van der Waals surface area contributed by atoms with Gasteiger partial charge in [0.15, 0.2) is 5.82 Å². The Morgan fingerprint density at radius 2 is 1.94 bits per heavy atom. The van der Waals surface area contributed by atoms with Gasteiger partial charge in [0.25, 0.3) is 0 Å². The number of hydrogen-bond acceptors (Lipinski definition) is 3. The van der Waals surface area contributed by atoms with Crippen LogP contribution < -0.4 is 0 Å². The van der Waals surface area contributed by atoms with E-state index in [1.165, 1.54) is 18.4 Å². The SMILES string of the molecule is Cc1n[nH]c(C)c1CCc1nc(C2CC2)n[nH]1. The zero-order valence-electron chi connectivity index (χ0n) is 10.2. The first-order chi connectivity index (χ1) is 8.24. The molecule has 1 fully saturated rings. The first-order valence-corrected chi connectivity index (χ1v) is 6.15. The van der Waals surface area contributed by atoms with Crippen LogP contribution in [-0.4, -0.2) is 25.4 Å². The summed E-state index contributed by atoms with van der Waals surface area (Å²) in [5.41, 5.74) is 3.54. The van der Waals surface area contributed by atoms with E-state index in [9.17, 15) is 0 Å². The quantitative estimate of drug-likeness (QED) is 0.843. The number of aromatic amines is 2. The molecule has 0 radical (unpaired) electrons. The van der Waals surface area contributed by atoms with E-state index in [0.717, 1.165) is 35.9 Å². The lowest BCUT2D eigenvalue weighted by Crippen LogP contribution is -1.96. The van der Waals surface area contributed by atoms with Crippen molar-refractivity contribution >= 4 is 0 Å². The van der Waals surface area contributed by atoms with E-state index in [1.54, 1.807) is 0 Å². The lowest BCUT2D eigenvalue weighted by atomic mass is 10.1. The summed E-state index contributed by atoms with van der Waals surface area (Å²) in [4.78, 5) is 4.53. The van der Waals surface area contributed by atoms with E-state index in [2.05, 4.69) is 32.3 Å². The molecule has 0 amide bonds. The predicted octanol–water partition coefficient (Wildman–Crippen LogP) is 1.81. The van der Waals surface area contributed by atoms with Gasteiger partial charge in [-0.15, -0.1) is 0 Å². The second kappa shape index (κ2) is 3.98. The topological polar surface area (TPSA) is 70.2 Å². The molecule has 1 aliphatic rings. The average molecular weight is 231 g/mol. The second-order valence-corrected chi connectivity index (χ2v) is 4.83. The maximum atomic E-state index is 4.53. The number of aryl methyl sites for hydroxylation is 3. The summed E-state index contributed by atoms with van der Waals surface area (Å²) in [5, 5.41) is 14.5. The molecule has 2 aromatic rings. The van der Waals surface area contributed by atoms with Gasteiger partial charge in [-0.05, 0) is 38.7 Å². The maximum absolute atomic E-state index is 4.53. The Hall–Kier alpha value is -1.65. The monoisotopic (exact) mass is 231 g/mol. The summed E-state index contributed by atoms with van der Waals surface area (Å²) in [7, 11) is 0. The van der Waals surface area contributed by atoms with Crippen LogP contribution in [0.2, 0.25) is 0 Å². The van der Waals surface area contributed by atoms with Gasteiger partial charge in [0, 0.05) is 18.0 Å². The van der Waals surface area contributed by atoms with Crippen molar-refractivity contribution in [1.29, 1.82) is 0 Å². The minimum absolute atomic E-state index is 0.623. The number of H-pyrrole nitrogens is 2. The molecule has 5 heteroatoms. The van der Waals surface area contributed by atoms with Gasteiger partial charge in [-0.25, -0.2) is 4.98 Å². The summed E-state index contributed by atoms with van der Waals surface area (Å²) in [6.07, 6.45) is 4.36. The highest BCUT2D eigenvalue weighted by atomic mass is 15.2. The largest absolute Gasteiger partial charge is 0.282 e. The van der Waals surface area contributed by atoms with Gasteiger partial charge in [-0.1, -0.05) is 0 Å². The molecule has 0 aromatic carbocycles. The zero-order valence-corrected chi connectivity index (χ0v) is 10.2. The van der Waals surface area contributed by atoms with Crippen molar-refractivity contribution in [3.63, 3.8) is 0 Å². The minimum atomic E-state index is 0.623. The van der Waals surface area contributed by atoms with Gasteiger partial charge in [-0.2, -0.15) is 10.2 Å². The number of aromatic nitrogens is 5. The third kappa shape index (κ3) is 2.09. The van der Waals surface area contributed by atoms with Gasteiger partial charge >= 0.3 is 0 Å². The molecule has 2 heterocycles. The lowest BCUT2D eigenvalue weighted by Gasteiger charge is -1.98. The number of nitrogens with zero attached hydrogens (tertiary/aromatic N) is 3. The molecule has 0 unspecified atom stereocenters. The van der Waals surface area contributed by atoms with Crippen LogP contribution in [0.5, 0.6) is 0 Å². The molecule has 2 aromatic heterocycles. The Balaban J connectivity index is 1.66. The summed E-state index contributed by atoms with van der Waals surface area (Å²) in [6.45, 7) is 4.10. The van der Waals surface area contributed by atoms with Gasteiger partial charge in [0.1, 0.15) is 5.82 Å². The van der Waals surface area contributed by atoms with Crippen LogP contribution >= 0.6 is 0 Å². The van der Waals surface area contributed by atoms with Gasteiger partial charge in [-0.3, -0.25) is 10.2 Å². The molecule has 5 nitrogen and oxygen atoms in total. The van der Waals surface area contributed by atoms with Crippen molar-refractivity contribution in [2.24, 2.45) is 0 Å². The van der Waals surface area contributed by atoms with E-state index < -0.39 is 0 Å². The Morgan fingerprint density at radius 1 is 1.12 bits per heavy atom. The van der Waals surface area contributed by atoms with Crippen molar-refractivity contribution in [3.8, 4) is 0 Å². The van der Waals surface area contributed by atoms with E-state index in [-0.39, 0.29) is 0 Å². The molecule has 0 bridgehead atoms. The predicted molar refractivity (Wildman–Crippen MR) is 63.8 cm³/mol. The van der Waals surface area contributed by atoms with E-state index in [1.807, 2.05) is 6.92 Å². The zero-order chi connectivity index (χ0) is 11.8. The van der Waals surface area contributed by atoms with Crippen LogP contribution in [-0.2, 0) is 12.8 Å². The molecule has 0 spiro atoms. The fraction of sp³-hybridized carbons (Fsp3) is 0.583. The van der Waals surface area contributed by atoms with Crippen LogP contribution in [0, 0.1) is 13.8 Å². The van der Waals surface area contributed by atoms with Crippen LogP contribution in [0.4, 0.5) is 0 Å². The van der Waals surface area contributed by atoms with E-state index in [4.69, 9.17) is 0 Å². The summed E-state index contributed by atoms with van der Waals surface area (Å²) in [6, 6.07) is 0. The Kier molecular flexibility index (Phi) is 2.46. The molecule has 0 aliphatic heterocycles. The third-order valence-corrected chi connectivity index (χ3v) is 3.38. The van der Waals surface area contributed by atoms with E-state index >= 15 is 0 Å². The van der Waals surface area contributed by atoms with Crippen molar-refractivity contribution < 1.29 is 0 Å². The van der Waals surface area contributed by atoms with E-state index in [0.29, 0.717) is 5.92 Å². The molecular formula is C12H17N5. The van der Waals surface area contributed by atoms with Crippen LogP contribution in [0.15, 0.2) is 0 Å². The van der Waals surface area contributed by atoms with Gasteiger partial charge in [0.05, 0.1) is 5.69 Å². The molecule has 3 rings (SSSR count). The minimum Gasteiger partial charge on any atom is -0.282 e. The highest BCUT2D eigenvalue weighted by Crippen LogP contribution is 2.37. The normalized spacial score (nSPS) is 15.4. The molecular weight excluding hydrogens is 214 g/mol. The molecule has 0 atom stereocenters. The Bertz CT molecular complexity index is 501. The standard InChI is InChI=1S/C12H17N5/c1-7-10(8(2)15-14-7)5-6-11-13-12(17-16-11)9-3-4-9/h9H,3-6H2,1-2H3,(H,14,15)(H,13,16,17). The lowest BCUT2D eigenvalue weighted by molar-refractivity contribution is 0.855. The first kappa shape index (κ1) is 10.5. The van der Waals surface area contributed by atoms with Crippen molar-refractivity contribution in [2.75, 3.05) is 0 Å². The molecule has 1 aliphatic carbocycles. The Morgan fingerprint density at radius 3 is 2.59 bits per heavy atom. The number of hydrogen-bond donors (Lipinski definition) is 2. The summed E-state index contributed by atoms with van der Waals surface area (Å²) in [5.74, 6) is 2.62. The molecule has 0 saturated heterocycles. The Labute approximate surface area is 100 Å². The van der Waals surface area contributed by atoms with Crippen LogP contribution in [0.1, 0.15) is 47.4 Å². The molecule has 90 valence electrons. The van der Waals surface area contributed by atoms with Crippen molar-refractivity contribution in [3.05, 3.63) is 28.6 Å². The number of nitrogens with one attached hydrogen (secondary N) is 2. The highest BCUT2D eigenvalue weighted by Gasteiger charge is 2.27. The molecule has 17 heavy (non-hydrogen) atoms. The molecule has 1 saturated carbocycles. The number of rotatable bonds is 4. The van der Waals surface area contributed by atoms with Crippen molar-refractivity contribution in [1.82, 2.24) is 25.4 Å². The van der Waals surface area contributed by atoms with Crippen LogP contribution in [0.3, 0.4) is 0 Å². The summed E-state index contributed by atoms with van der Waals surface area (Å²) >= 11 is 0. The van der Waals surface area contributed by atoms with Crippen molar-refractivity contribution in [2.45, 2.75) is 45.4 Å². The smallest absolute Gasteiger partial charge is 0.153 e. The first-order valence-electron chi connectivity index (χ1n) is 6.15. The molecule has 2 N–H and O–H groups in total. The fourth-order valence-corrected chi connectivity index (χ4v) is 2.13. The van der Waals surface area contributed by atoms with Gasteiger partial charge in [0.2, 0.25) is 0 Å². The highest BCUT2D eigenvalue weighted by molar-refractivity contribution is 5.23. The fourth-order valence-electron chi connectivity index (χ4n) is 2.13. The summed E-state index contributed by atoms with van der Waals surface area (Å²) < 4.78 is 0.